The Labute approximate surface area is 141 Å². The molecule has 0 aliphatic carbocycles. The third kappa shape index (κ3) is 2.28. The summed E-state index contributed by atoms with van der Waals surface area (Å²) in [5, 5.41) is 4.15. The van der Waals surface area contributed by atoms with Crippen molar-refractivity contribution in [1.82, 2.24) is 19.5 Å². The third-order valence-corrected chi connectivity index (χ3v) is 4.70. The van der Waals surface area contributed by atoms with Gasteiger partial charge in [0.1, 0.15) is 17.8 Å². The number of carbonyl (C=O) groups excluding carboxylic acids is 1. The Balaban J connectivity index is 1.89. The molecule has 0 spiro atoms. The van der Waals surface area contributed by atoms with Gasteiger partial charge in [-0.3, -0.25) is 4.79 Å². The number of nitrogens with one attached hydrogen (secondary N) is 1. The van der Waals surface area contributed by atoms with Crippen molar-refractivity contribution < 1.29 is 4.79 Å². The second-order valence-corrected chi connectivity index (χ2v) is 6.52. The molecule has 4 rings (SSSR count). The molecule has 0 atom stereocenters. The predicted molar refractivity (Wildman–Crippen MR) is 95.8 cm³/mol. The smallest absolute Gasteiger partial charge is 0.223 e. The summed E-state index contributed by atoms with van der Waals surface area (Å²) in [5.41, 5.74) is 9.68. The van der Waals surface area contributed by atoms with Gasteiger partial charge in [0.15, 0.2) is 5.13 Å². The second kappa shape index (κ2) is 5.27. The molecule has 4 aromatic rings. The van der Waals surface area contributed by atoms with Gasteiger partial charge in [0.2, 0.25) is 5.91 Å². The number of benzene rings is 1. The van der Waals surface area contributed by atoms with Crippen molar-refractivity contribution in [1.29, 1.82) is 0 Å². The van der Waals surface area contributed by atoms with Crippen LogP contribution in [0.1, 0.15) is 6.92 Å². The van der Waals surface area contributed by atoms with Gasteiger partial charge >= 0.3 is 0 Å². The Morgan fingerprint density at radius 1 is 1.33 bits per heavy atom. The van der Waals surface area contributed by atoms with E-state index in [4.69, 9.17) is 5.73 Å². The van der Waals surface area contributed by atoms with Gasteiger partial charge in [-0.1, -0.05) is 17.4 Å². The van der Waals surface area contributed by atoms with Gasteiger partial charge in [-0.15, -0.1) is 0 Å². The summed E-state index contributed by atoms with van der Waals surface area (Å²) in [6.07, 6.45) is 3.46. The monoisotopic (exact) mass is 338 g/mol. The summed E-state index contributed by atoms with van der Waals surface area (Å²) in [4.78, 5) is 24.0. The summed E-state index contributed by atoms with van der Waals surface area (Å²) in [6.45, 7) is 1.47. The third-order valence-electron chi connectivity index (χ3n) is 3.77. The first kappa shape index (κ1) is 14.6. The molecule has 1 aromatic carbocycles. The van der Waals surface area contributed by atoms with Gasteiger partial charge in [-0.05, 0) is 17.7 Å². The van der Waals surface area contributed by atoms with Gasteiger partial charge in [-0.2, -0.15) is 0 Å². The molecule has 0 saturated carbocycles. The number of nitrogens with two attached hydrogens (primary N) is 1. The van der Waals surface area contributed by atoms with Crippen molar-refractivity contribution in [2.24, 2.45) is 7.05 Å². The van der Waals surface area contributed by atoms with Gasteiger partial charge in [0.25, 0.3) is 0 Å². The van der Waals surface area contributed by atoms with Crippen LogP contribution in [0.15, 0.2) is 30.7 Å². The normalized spacial score (nSPS) is 11.2. The maximum absolute atomic E-state index is 11.2. The Morgan fingerprint density at radius 3 is 2.96 bits per heavy atom. The lowest BCUT2D eigenvalue weighted by Crippen LogP contribution is -2.04. The zero-order valence-electron chi connectivity index (χ0n) is 13.1. The van der Waals surface area contributed by atoms with Crippen molar-refractivity contribution >= 4 is 49.4 Å². The fourth-order valence-electron chi connectivity index (χ4n) is 2.75. The van der Waals surface area contributed by atoms with Gasteiger partial charge in [-0.25, -0.2) is 15.0 Å². The van der Waals surface area contributed by atoms with Gasteiger partial charge < -0.3 is 15.6 Å². The van der Waals surface area contributed by atoms with Crippen LogP contribution < -0.4 is 11.1 Å². The number of nitrogens with zero attached hydrogens (tertiary/aromatic N) is 4. The van der Waals surface area contributed by atoms with E-state index in [1.165, 1.54) is 24.6 Å². The summed E-state index contributed by atoms with van der Waals surface area (Å²) >= 11 is 1.44. The molecule has 0 saturated heterocycles. The Hall–Kier alpha value is -3.00. The highest BCUT2D eigenvalue weighted by atomic mass is 32.1. The zero-order valence-corrected chi connectivity index (χ0v) is 13.9. The summed E-state index contributed by atoms with van der Waals surface area (Å²) in [7, 11) is 1.93. The molecule has 0 fully saturated rings. The SMILES string of the molecule is CC(=O)Nc1nc2ccc(-c3cn(C)c4ncnc(N)c34)cc2s1. The minimum Gasteiger partial charge on any atom is -0.383 e. The number of aryl methyl sites for hydroxylation is 1. The van der Waals surface area contributed by atoms with Crippen LogP contribution >= 0.6 is 11.3 Å². The van der Waals surface area contributed by atoms with Crippen LogP contribution in [-0.2, 0) is 11.8 Å². The molecule has 120 valence electrons. The van der Waals surface area contributed by atoms with E-state index in [1.54, 1.807) is 0 Å². The van der Waals surface area contributed by atoms with Crippen LogP contribution in [0.25, 0.3) is 32.4 Å². The van der Waals surface area contributed by atoms with Crippen LogP contribution in [0.5, 0.6) is 0 Å². The minimum atomic E-state index is -0.131. The van der Waals surface area contributed by atoms with Crippen LogP contribution in [-0.4, -0.2) is 25.4 Å². The molecule has 0 unspecified atom stereocenters. The van der Waals surface area contributed by atoms with Crippen molar-refractivity contribution in [3.05, 3.63) is 30.7 Å². The number of thiazole rings is 1. The number of rotatable bonds is 2. The average molecular weight is 338 g/mol. The first-order valence-electron chi connectivity index (χ1n) is 7.27. The van der Waals surface area contributed by atoms with E-state index in [0.717, 1.165) is 32.4 Å². The zero-order chi connectivity index (χ0) is 16.8. The molecular formula is C16H14N6OS. The maximum atomic E-state index is 11.2. The summed E-state index contributed by atoms with van der Waals surface area (Å²) in [6, 6.07) is 5.96. The van der Waals surface area contributed by atoms with Crippen LogP contribution in [0.4, 0.5) is 10.9 Å². The molecule has 0 aliphatic rings. The van der Waals surface area contributed by atoms with Crippen LogP contribution in [0.3, 0.4) is 0 Å². The lowest BCUT2D eigenvalue weighted by Gasteiger charge is -2.01. The van der Waals surface area contributed by atoms with Crippen molar-refractivity contribution in [2.75, 3.05) is 11.1 Å². The van der Waals surface area contributed by atoms with Gasteiger partial charge in [0.05, 0.1) is 15.6 Å². The molecule has 7 nitrogen and oxygen atoms in total. The summed E-state index contributed by atoms with van der Waals surface area (Å²) in [5.74, 6) is 0.326. The predicted octanol–water partition coefficient (Wildman–Crippen LogP) is 2.79. The quantitative estimate of drug-likeness (QED) is 0.585. The fraction of sp³-hybridized carbons (Fsp3) is 0.125. The second-order valence-electron chi connectivity index (χ2n) is 5.49. The first-order valence-corrected chi connectivity index (χ1v) is 8.08. The average Bonchev–Trinajstić information content (AvgIpc) is 3.07. The number of carbonyl (C=O) groups is 1. The number of hydrogen-bond donors (Lipinski definition) is 2. The van der Waals surface area contributed by atoms with E-state index in [1.807, 2.05) is 36.0 Å². The van der Waals surface area contributed by atoms with Gasteiger partial charge in [0, 0.05) is 25.7 Å². The van der Waals surface area contributed by atoms with Crippen LogP contribution in [0.2, 0.25) is 0 Å². The van der Waals surface area contributed by atoms with Crippen LogP contribution in [0, 0.1) is 0 Å². The highest BCUT2D eigenvalue weighted by molar-refractivity contribution is 7.22. The molecule has 0 bridgehead atoms. The van der Waals surface area contributed by atoms with Crippen molar-refractivity contribution in [3.8, 4) is 11.1 Å². The van der Waals surface area contributed by atoms with E-state index in [0.29, 0.717) is 10.9 Å². The number of amides is 1. The minimum absolute atomic E-state index is 0.131. The molecule has 0 radical (unpaired) electrons. The molecule has 8 heteroatoms. The Morgan fingerprint density at radius 2 is 2.17 bits per heavy atom. The van der Waals surface area contributed by atoms with Crippen molar-refractivity contribution in [3.63, 3.8) is 0 Å². The number of fused-ring (bicyclic) bond motifs is 2. The highest BCUT2D eigenvalue weighted by Crippen LogP contribution is 2.35. The van der Waals surface area contributed by atoms with E-state index in [9.17, 15) is 4.79 Å². The molecule has 1 amide bonds. The molecule has 24 heavy (non-hydrogen) atoms. The summed E-state index contributed by atoms with van der Waals surface area (Å²) < 4.78 is 2.92. The molecule has 3 heterocycles. The lowest BCUT2D eigenvalue weighted by atomic mass is 10.1. The van der Waals surface area contributed by atoms with E-state index < -0.39 is 0 Å². The number of aromatic nitrogens is 4. The topological polar surface area (TPSA) is 98.7 Å². The largest absolute Gasteiger partial charge is 0.383 e. The number of hydrogen-bond acceptors (Lipinski definition) is 6. The Kier molecular flexibility index (Phi) is 3.20. The molecule has 3 N–H and O–H groups in total. The molecule has 3 aromatic heterocycles. The maximum Gasteiger partial charge on any atom is 0.223 e. The first-order chi connectivity index (χ1) is 11.5. The standard InChI is InChI=1S/C16H14N6OS/c1-8(23)20-16-21-11-4-3-9(5-12(11)24-16)10-6-22(2)15-13(10)14(17)18-7-19-15/h3-7H,1-2H3,(H2,17,18,19)(H,20,21,23). The van der Waals surface area contributed by atoms with E-state index in [-0.39, 0.29) is 5.91 Å². The van der Waals surface area contributed by atoms with E-state index in [2.05, 4.69) is 20.3 Å². The number of anilines is 2. The molecular weight excluding hydrogens is 324 g/mol. The van der Waals surface area contributed by atoms with E-state index >= 15 is 0 Å². The van der Waals surface area contributed by atoms with Crippen molar-refractivity contribution in [2.45, 2.75) is 6.92 Å². The molecule has 0 aliphatic heterocycles. The fourth-order valence-corrected chi connectivity index (χ4v) is 3.70. The lowest BCUT2D eigenvalue weighted by molar-refractivity contribution is -0.114. The Bertz CT molecular complexity index is 1100. The number of nitrogen functional groups attached to an aromatic ring is 1. The highest BCUT2D eigenvalue weighted by Gasteiger charge is 2.14.